The van der Waals surface area contributed by atoms with Crippen LogP contribution in [0.2, 0.25) is 4.47 Å². The summed E-state index contributed by atoms with van der Waals surface area (Å²) in [6.07, 6.45) is 3.36. The maximum atomic E-state index is 12.4. The van der Waals surface area contributed by atoms with Gasteiger partial charge in [0.25, 0.3) is 0 Å². The fourth-order valence-corrected chi connectivity index (χ4v) is 3.95. The van der Waals surface area contributed by atoms with Crippen LogP contribution in [0.3, 0.4) is 0 Å². The van der Waals surface area contributed by atoms with Crippen LogP contribution in [0.1, 0.15) is 36.6 Å². The molecule has 1 aromatic heterocycles. The average molecular weight is 364 g/mol. The Hall–Kier alpha value is -1.92. The number of imide groups is 1. The molecule has 1 aliphatic heterocycles. The highest BCUT2D eigenvalue weighted by Gasteiger charge is 2.42. The van der Waals surface area contributed by atoms with Crippen molar-refractivity contribution in [2.45, 2.75) is 38.1 Å². The Morgan fingerprint density at radius 3 is 2.67 bits per heavy atom. The highest BCUT2D eigenvalue weighted by molar-refractivity contribution is 7.15. The number of carbonyl (C=O) groups is 2. The van der Waals surface area contributed by atoms with E-state index in [0.717, 1.165) is 16.1 Å². The third-order valence-electron chi connectivity index (χ3n) is 4.50. The van der Waals surface area contributed by atoms with Crippen molar-refractivity contribution in [3.63, 3.8) is 0 Å². The third kappa shape index (κ3) is 3.30. The molecule has 2 heterocycles. The molecule has 1 aromatic carbocycles. The number of carbonyl (C=O) groups excluding carboxylic acids is 2. The monoisotopic (exact) mass is 363 g/mol. The molecule has 1 saturated heterocycles. The first-order valence-corrected chi connectivity index (χ1v) is 9.02. The number of halogens is 1. The van der Waals surface area contributed by atoms with E-state index >= 15 is 0 Å². The van der Waals surface area contributed by atoms with E-state index < -0.39 is 5.41 Å². The van der Waals surface area contributed by atoms with Crippen molar-refractivity contribution in [3.05, 3.63) is 45.4 Å². The van der Waals surface area contributed by atoms with Crippen molar-refractivity contribution in [2.75, 3.05) is 5.32 Å². The van der Waals surface area contributed by atoms with Gasteiger partial charge in [0.05, 0.1) is 12.0 Å². The van der Waals surface area contributed by atoms with Crippen LogP contribution in [-0.2, 0) is 21.5 Å². The van der Waals surface area contributed by atoms with Gasteiger partial charge in [0, 0.05) is 23.2 Å². The summed E-state index contributed by atoms with van der Waals surface area (Å²) < 4.78 is 0.532. The number of nitrogens with zero attached hydrogens (tertiary/aromatic N) is 1. The quantitative estimate of drug-likeness (QED) is 0.798. The van der Waals surface area contributed by atoms with Gasteiger partial charge in [-0.05, 0) is 30.5 Å². The van der Waals surface area contributed by atoms with Gasteiger partial charge in [-0.1, -0.05) is 30.7 Å². The zero-order valence-corrected chi connectivity index (χ0v) is 14.8. The Morgan fingerprint density at radius 2 is 2.08 bits per heavy atom. The summed E-state index contributed by atoms with van der Waals surface area (Å²) in [5.41, 5.74) is 1.29. The first kappa shape index (κ1) is 16.9. The fourth-order valence-electron chi connectivity index (χ4n) is 3.03. The van der Waals surface area contributed by atoms with Crippen LogP contribution in [0.5, 0.6) is 0 Å². The minimum Gasteiger partial charge on any atom is -0.380 e. The molecule has 1 unspecified atom stereocenters. The molecule has 1 fully saturated rings. The number of anilines is 1. The van der Waals surface area contributed by atoms with E-state index in [9.17, 15) is 9.59 Å². The molecular formula is C17H18ClN3O2S. The van der Waals surface area contributed by atoms with E-state index in [-0.39, 0.29) is 11.8 Å². The molecule has 0 bridgehead atoms. The van der Waals surface area contributed by atoms with Crippen molar-refractivity contribution < 1.29 is 9.59 Å². The van der Waals surface area contributed by atoms with E-state index in [1.807, 2.05) is 31.2 Å². The molecule has 0 radical (unpaired) electrons. The van der Waals surface area contributed by atoms with Crippen LogP contribution >= 0.6 is 22.9 Å². The minimum atomic E-state index is -0.613. The van der Waals surface area contributed by atoms with Crippen molar-refractivity contribution in [2.24, 2.45) is 0 Å². The summed E-state index contributed by atoms with van der Waals surface area (Å²) in [5, 5.41) is 5.78. The topological polar surface area (TPSA) is 71.1 Å². The van der Waals surface area contributed by atoms with Crippen molar-refractivity contribution in [3.8, 4) is 0 Å². The molecule has 0 saturated carbocycles. The van der Waals surface area contributed by atoms with Gasteiger partial charge in [0.1, 0.15) is 0 Å². The summed E-state index contributed by atoms with van der Waals surface area (Å²) in [5.74, 6) is -0.383. The summed E-state index contributed by atoms with van der Waals surface area (Å²) >= 11 is 7.27. The van der Waals surface area contributed by atoms with E-state index in [4.69, 9.17) is 11.6 Å². The van der Waals surface area contributed by atoms with Crippen LogP contribution in [0.15, 0.2) is 30.5 Å². The average Bonchev–Trinajstić information content (AvgIpc) is 3.00. The molecule has 2 N–H and O–H groups in total. The molecular weight excluding hydrogens is 346 g/mol. The van der Waals surface area contributed by atoms with Gasteiger partial charge in [-0.2, -0.15) is 0 Å². The number of piperidine rings is 1. The first-order valence-electron chi connectivity index (χ1n) is 7.82. The molecule has 5 nitrogen and oxygen atoms in total. The van der Waals surface area contributed by atoms with Crippen molar-refractivity contribution in [1.82, 2.24) is 10.3 Å². The first-order chi connectivity index (χ1) is 11.5. The third-order valence-corrected chi connectivity index (χ3v) is 5.61. The highest BCUT2D eigenvalue weighted by Crippen LogP contribution is 2.36. The second-order valence-electron chi connectivity index (χ2n) is 5.82. The molecule has 1 atom stereocenters. The minimum absolute atomic E-state index is 0.189. The molecule has 0 aliphatic carbocycles. The largest absolute Gasteiger partial charge is 0.380 e. The van der Waals surface area contributed by atoms with Crippen molar-refractivity contribution >= 4 is 40.4 Å². The standard InChI is InChI=1S/C17H18ClN3O2S/c1-2-17(8-7-14(22)21-15(17)23)11-3-5-12(6-4-11)19-9-13-10-20-16(18)24-13/h3-6,10,19H,2,7-9H2,1H3,(H,21,22,23). The van der Waals surface area contributed by atoms with E-state index in [1.165, 1.54) is 11.3 Å². The lowest BCUT2D eigenvalue weighted by atomic mass is 9.72. The number of benzene rings is 1. The zero-order valence-electron chi connectivity index (χ0n) is 13.3. The molecule has 1 aliphatic rings. The fraction of sp³-hybridized carbons (Fsp3) is 0.353. The Balaban J connectivity index is 1.73. The second kappa shape index (κ2) is 6.91. The SMILES string of the molecule is CCC1(c2ccc(NCc3cnc(Cl)s3)cc2)CCC(=O)NC1=O. The lowest BCUT2D eigenvalue weighted by Gasteiger charge is -2.35. The van der Waals surface area contributed by atoms with Gasteiger partial charge in [-0.3, -0.25) is 14.9 Å². The van der Waals surface area contributed by atoms with Crippen LogP contribution in [0, 0.1) is 0 Å². The van der Waals surface area contributed by atoms with Gasteiger partial charge in [-0.15, -0.1) is 11.3 Å². The summed E-state index contributed by atoms with van der Waals surface area (Å²) in [7, 11) is 0. The van der Waals surface area contributed by atoms with Crippen LogP contribution in [0.4, 0.5) is 5.69 Å². The summed E-state index contributed by atoms with van der Waals surface area (Å²) in [6.45, 7) is 2.63. The zero-order chi connectivity index (χ0) is 17.2. The van der Waals surface area contributed by atoms with Crippen LogP contribution in [-0.4, -0.2) is 16.8 Å². The maximum absolute atomic E-state index is 12.4. The number of aromatic nitrogens is 1. The van der Waals surface area contributed by atoms with Crippen molar-refractivity contribution in [1.29, 1.82) is 0 Å². The van der Waals surface area contributed by atoms with Gasteiger partial charge >= 0.3 is 0 Å². The maximum Gasteiger partial charge on any atom is 0.237 e. The molecule has 126 valence electrons. The number of hydrogen-bond donors (Lipinski definition) is 2. The Morgan fingerprint density at radius 1 is 1.33 bits per heavy atom. The highest BCUT2D eigenvalue weighted by atomic mass is 35.5. The number of nitrogens with one attached hydrogen (secondary N) is 2. The summed E-state index contributed by atoms with van der Waals surface area (Å²) in [4.78, 5) is 28.9. The van der Waals surface area contributed by atoms with Gasteiger partial charge in [0.15, 0.2) is 4.47 Å². The predicted octanol–water partition coefficient (Wildman–Crippen LogP) is 3.49. The van der Waals surface area contributed by atoms with Gasteiger partial charge in [-0.25, -0.2) is 4.98 Å². The molecule has 2 aromatic rings. The molecule has 0 spiro atoms. The smallest absolute Gasteiger partial charge is 0.237 e. The Kier molecular flexibility index (Phi) is 4.87. The molecule has 7 heteroatoms. The Bertz CT molecular complexity index is 759. The normalized spacial score (nSPS) is 20.8. The summed E-state index contributed by atoms with van der Waals surface area (Å²) in [6, 6.07) is 7.83. The lowest BCUT2D eigenvalue weighted by Crippen LogP contribution is -2.51. The second-order valence-corrected chi connectivity index (χ2v) is 7.52. The van der Waals surface area contributed by atoms with Gasteiger partial charge in [0.2, 0.25) is 11.8 Å². The number of rotatable bonds is 5. The number of amides is 2. The van der Waals surface area contributed by atoms with E-state index in [1.54, 1.807) is 6.20 Å². The van der Waals surface area contributed by atoms with Gasteiger partial charge < -0.3 is 5.32 Å². The molecule has 24 heavy (non-hydrogen) atoms. The lowest BCUT2D eigenvalue weighted by molar-refractivity contribution is -0.138. The predicted molar refractivity (Wildman–Crippen MR) is 95.2 cm³/mol. The van der Waals surface area contributed by atoms with Crippen LogP contribution in [0.25, 0.3) is 0 Å². The number of thiazole rings is 1. The van der Waals surface area contributed by atoms with E-state index in [2.05, 4.69) is 15.6 Å². The molecule has 2 amide bonds. The van der Waals surface area contributed by atoms with E-state index in [0.29, 0.717) is 30.3 Å². The number of hydrogen-bond acceptors (Lipinski definition) is 5. The molecule has 3 rings (SSSR count). The Labute approximate surface area is 149 Å². The van der Waals surface area contributed by atoms with Crippen LogP contribution < -0.4 is 10.6 Å².